The molecular weight excluding hydrogens is 217 g/mol. The minimum atomic E-state index is -0.272. The fourth-order valence-corrected chi connectivity index (χ4v) is 1.78. The standard InChI is InChI=1S/C14H14FNO/c1-17-14-5-3-2-4-12(14)10-6-7-13(15)11(8-10)9-16/h2-8H,9,16H2,1H3. The Kier molecular flexibility index (Phi) is 3.40. The Balaban J connectivity index is 2.53. The summed E-state index contributed by atoms with van der Waals surface area (Å²) >= 11 is 0. The number of methoxy groups -OCH3 is 1. The Morgan fingerprint density at radius 1 is 1.18 bits per heavy atom. The third kappa shape index (κ3) is 2.29. The molecule has 0 aliphatic heterocycles. The molecule has 2 nitrogen and oxygen atoms in total. The van der Waals surface area contributed by atoms with Gasteiger partial charge in [-0.2, -0.15) is 0 Å². The van der Waals surface area contributed by atoms with Gasteiger partial charge in [0.15, 0.2) is 0 Å². The summed E-state index contributed by atoms with van der Waals surface area (Å²) in [7, 11) is 1.62. The number of halogens is 1. The Bertz CT molecular complexity index is 525. The van der Waals surface area contributed by atoms with Crippen molar-refractivity contribution in [2.24, 2.45) is 5.73 Å². The van der Waals surface area contributed by atoms with E-state index in [1.165, 1.54) is 6.07 Å². The fourth-order valence-electron chi connectivity index (χ4n) is 1.78. The highest BCUT2D eigenvalue weighted by Gasteiger charge is 2.07. The molecule has 2 aromatic carbocycles. The Morgan fingerprint density at radius 2 is 1.94 bits per heavy atom. The van der Waals surface area contributed by atoms with Crippen molar-refractivity contribution in [1.82, 2.24) is 0 Å². The van der Waals surface area contributed by atoms with Crippen molar-refractivity contribution in [1.29, 1.82) is 0 Å². The normalized spacial score (nSPS) is 10.3. The number of rotatable bonds is 3. The maximum atomic E-state index is 13.4. The van der Waals surface area contributed by atoms with Gasteiger partial charge < -0.3 is 10.5 Å². The number of ether oxygens (including phenoxy) is 1. The van der Waals surface area contributed by atoms with E-state index in [4.69, 9.17) is 10.5 Å². The largest absolute Gasteiger partial charge is 0.496 e. The van der Waals surface area contributed by atoms with E-state index in [0.717, 1.165) is 16.9 Å². The van der Waals surface area contributed by atoms with Crippen molar-refractivity contribution in [2.75, 3.05) is 7.11 Å². The Hall–Kier alpha value is -1.87. The highest BCUT2D eigenvalue weighted by Crippen LogP contribution is 2.30. The number of benzene rings is 2. The maximum absolute atomic E-state index is 13.4. The van der Waals surface area contributed by atoms with Gasteiger partial charge in [0.2, 0.25) is 0 Å². The lowest BCUT2D eigenvalue weighted by molar-refractivity contribution is 0.416. The van der Waals surface area contributed by atoms with Gasteiger partial charge in [0.05, 0.1) is 7.11 Å². The minimum absolute atomic E-state index is 0.189. The first-order chi connectivity index (χ1) is 8.26. The van der Waals surface area contributed by atoms with Crippen molar-refractivity contribution in [3.63, 3.8) is 0 Å². The zero-order valence-electron chi connectivity index (χ0n) is 9.61. The van der Waals surface area contributed by atoms with Crippen molar-refractivity contribution >= 4 is 0 Å². The number of hydrogen-bond acceptors (Lipinski definition) is 2. The predicted molar refractivity (Wildman–Crippen MR) is 66.3 cm³/mol. The average molecular weight is 231 g/mol. The van der Waals surface area contributed by atoms with Crippen LogP contribution in [0.4, 0.5) is 4.39 Å². The van der Waals surface area contributed by atoms with Gasteiger partial charge in [-0.15, -0.1) is 0 Å². The van der Waals surface area contributed by atoms with E-state index in [0.29, 0.717) is 5.56 Å². The first-order valence-electron chi connectivity index (χ1n) is 5.38. The molecule has 0 spiro atoms. The molecule has 2 aromatic rings. The van der Waals surface area contributed by atoms with E-state index < -0.39 is 0 Å². The van der Waals surface area contributed by atoms with E-state index >= 15 is 0 Å². The second-order valence-corrected chi connectivity index (χ2v) is 3.71. The molecular formula is C14H14FNO. The van der Waals surface area contributed by atoms with Crippen LogP contribution < -0.4 is 10.5 Å². The summed E-state index contributed by atoms with van der Waals surface area (Å²) in [6, 6.07) is 12.6. The zero-order chi connectivity index (χ0) is 12.3. The number of hydrogen-bond donors (Lipinski definition) is 1. The van der Waals surface area contributed by atoms with Crippen LogP contribution in [0.1, 0.15) is 5.56 Å². The molecule has 0 saturated carbocycles. The smallest absolute Gasteiger partial charge is 0.127 e. The van der Waals surface area contributed by atoms with Crippen molar-refractivity contribution in [3.8, 4) is 16.9 Å². The summed E-state index contributed by atoms with van der Waals surface area (Å²) in [5.41, 5.74) is 7.85. The zero-order valence-corrected chi connectivity index (χ0v) is 9.61. The second kappa shape index (κ2) is 4.97. The molecule has 0 atom stereocenters. The topological polar surface area (TPSA) is 35.2 Å². The molecule has 0 bridgehead atoms. The van der Waals surface area contributed by atoms with Gasteiger partial charge in [0, 0.05) is 17.7 Å². The average Bonchev–Trinajstić information content (AvgIpc) is 2.39. The van der Waals surface area contributed by atoms with Gasteiger partial charge in [0.25, 0.3) is 0 Å². The molecule has 0 fully saturated rings. The summed E-state index contributed by atoms with van der Waals surface area (Å²) < 4.78 is 18.6. The number of para-hydroxylation sites is 1. The van der Waals surface area contributed by atoms with Gasteiger partial charge in [0.1, 0.15) is 11.6 Å². The van der Waals surface area contributed by atoms with E-state index in [1.807, 2.05) is 24.3 Å². The summed E-state index contributed by atoms with van der Waals surface area (Å²) in [5, 5.41) is 0. The molecule has 2 rings (SSSR count). The van der Waals surface area contributed by atoms with E-state index in [-0.39, 0.29) is 12.4 Å². The third-order valence-electron chi connectivity index (χ3n) is 2.68. The summed E-state index contributed by atoms with van der Waals surface area (Å²) in [6.07, 6.45) is 0. The van der Waals surface area contributed by atoms with Crippen LogP contribution in [0, 0.1) is 5.82 Å². The van der Waals surface area contributed by atoms with E-state index in [2.05, 4.69) is 0 Å². The highest BCUT2D eigenvalue weighted by atomic mass is 19.1. The van der Waals surface area contributed by atoms with Crippen molar-refractivity contribution < 1.29 is 9.13 Å². The molecule has 0 amide bonds. The lowest BCUT2D eigenvalue weighted by atomic mass is 10.0. The fraction of sp³-hybridized carbons (Fsp3) is 0.143. The molecule has 88 valence electrons. The van der Waals surface area contributed by atoms with Crippen LogP contribution in [0.5, 0.6) is 5.75 Å². The highest BCUT2D eigenvalue weighted by molar-refractivity contribution is 5.70. The second-order valence-electron chi connectivity index (χ2n) is 3.71. The first-order valence-corrected chi connectivity index (χ1v) is 5.38. The van der Waals surface area contributed by atoms with Crippen LogP contribution >= 0.6 is 0 Å². The van der Waals surface area contributed by atoms with Crippen LogP contribution in [0.15, 0.2) is 42.5 Å². The van der Waals surface area contributed by atoms with Crippen molar-refractivity contribution in [3.05, 3.63) is 53.8 Å². The van der Waals surface area contributed by atoms with Crippen LogP contribution in [0.25, 0.3) is 11.1 Å². The molecule has 17 heavy (non-hydrogen) atoms. The molecule has 0 radical (unpaired) electrons. The van der Waals surface area contributed by atoms with Gasteiger partial charge in [-0.25, -0.2) is 4.39 Å². The van der Waals surface area contributed by atoms with Crippen LogP contribution in [0.3, 0.4) is 0 Å². The molecule has 2 N–H and O–H groups in total. The molecule has 0 aliphatic carbocycles. The molecule has 0 aliphatic rings. The SMILES string of the molecule is COc1ccccc1-c1ccc(F)c(CN)c1. The number of nitrogens with two attached hydrogens (primary N) is 1. The maximum Gasteiger partial charge on any atom is 0.127 e. The lowest BCUT2D eigenvalue weighted by Crippen LogP contribution is -2.00. The summed E-state index contributed by atoms with van der Waals surface area (Å²) in [6.45, 7) is 0.189. The third-order valence-corrected chi connectivity index (χ3v) is 2.68. The monoisotopic (exact) mass is 231 g/mol. The van der Waals surface area contributed by atoms with Crippen molar-refractivity contribution in [2.45, 2.75) is 6.54 Å². The van der Waals surface area contributed by atoms with E-state index in [1.54, 1.807) is 19.2 Å². The Morgan fingerprint density at radius 3 is 2.65 bits per heavy atom. The molecule has 0 unspecified atom stereocenters. The lowest BCUT2D eigenvalue weighted by Gasteiger charge is -2.09. The molecule has 0 saturated heterocycles. The summed E-state index contributed by atoms with van der Waals surface area (Å²) in [4.78, 5) is 0. The van der Waals surface area contributed by atoms with Crippen LogP contribution in [-0.2, 0) is 6.54 Å². The van der Waals surface area contributed by atoms with Gasteiger partial charge in [-0.05, 0) is 23.8 Å². The van der Waals surface area contributed by atoms with Crippen LogP contribution in [0.2, 0.25) is 0 Å². The minimum Gasteiger partial charge on any atom is -0.496 e. The molecule has 3 heteroatoms. The molecule has 0 heterocycles. The predicted octanol–water partition coefficient (Wildman–Crippen LogP) is 2.96. The van der Waals surface area contributed by atoms with Crippen LogP contribution in [-0.4, -0.2) is 7.11 Å². The van der Waals surface area contributed by atoms with Gasteiger partial charge in [-0.1, -0.05) is 24.3 Å². The van der Waals surface area contributed by atoms with Gasteiger partial charge >= 0.3 is 0 Å². The first kappa shape index (κ1) is 11.6. The van der Waals surface area contributed by atoms with E-state index in [9.17, 15) is 4.39 Å². The molecule has 0 aromatic heterocycles. The quantitative estimate of drug-likeness (QED) is 0.881. The Labute approximate surface area is 99.8 Å². The summed E-state index contributed by atoms with van der Waals surface area (Å²) in [5.74, 6) is 0.494. The van der Waals surface area contributed by atoms with Gasteiger partial charge in [-0.3, -0.25) is 0 Å².